The topological polar surface area (TPSA) is 28.4 Å². The summed E-state index contributed by atoms with van der Waals surface area (Å²) in [5, 5.41) is 10.2. The van der Waals surface area contributed by atoms with Gasteiger partial charge in [-0.1, -0.05) is 70.4 Å². The lowest BCUT2D eigenvalue weighted by atomic mass is 9.87. The quantitative estimate of drug-likeness (QED) is 0.491. The molecule has 1 aliphatic carbocycles. The second-order valence-corrected chi connectivity index (χ2v) is 10.7. The molecule has 1 heterocycles. The molecule has 0 aliphatic heterocycles. The Morgan fingerprint density at radius 2 is 1.74 bits per heavy atom. The van der Waals surface area contributed by atoms with E-state index in [-0.39, 0.29) is 12.0 Å². The fourth-order valence-electron chi connectivity index (χ4n) is 4.68. The van der Waals surface area contributed by atoms with Gasteiger partial charge in [0.05, 0.1) is 12.1 Å². The highest BCUT2D eigenvalue weighted by molar-refractivity contribution is 5.28. The van der Waals surface area contributed by atoms with Gasteiger partial charge in [0, 0.05) is 31.5 Å². The minimum Gasteiger partial charge on any atom is -0.394 e. The molecular formula is C28H42N2O. The Morgan fingerprint density at radius 1 is 1.06 bits per heavy atom. The van der Waals surface area contributed by atoms with E-state index in [9.17, 15) is 5.11 Å². The molecule has 1 saturated carbocycles. The van der Waals surface area contributed by atoms with Crippen LogP contribution in [0.2, 0.25) is 0 Å². The SMILES string of the molecule is C=C[C@@](C)(CO)N(Cc1cccn1Cc1ccc(C(C)(C)C)cc1)CC1CCCCC1. The van der Waals surface area contributed by atoms with Gasteiger partial charge in [-0.15, -0.1) is 6.58 Å². The van der Waals surface area contributed by atoms with E-state index in [1.165, 1.54) is 48.9 Å². The summed E-state index contributed by atoms with van der Waals surface area (Å²) in [5.74, 6) is 0.716. The minimum absolute atomic E-state index is 0.0954. The summed E-state index contributed by atoms with van der Waals surface area (Å²) < 4.78 is 2.35. The number of nitrogens with zero attached hydrogens (tertiary/aromatic N) is 2. The fourth-order valence-corrected chi connectivity index (χ4v) is 4.68. The van der Waals surface area contributed by atoms with Gasteiger partial charge in [0.2, 0.25) is 0 Å². The van der Waals surface area contributed by atoms with Gasteiger partial charge < -0.3 is 9.67 Å². The van der Waals surface area contributed by atoms with Crippen LogP contribution in [0.4, 0.5) is 0 Å². The predicted molar refractivity (Wildman–Crippen MR) is 131 cm³/mol. The first kappa shape index (κ1) is 23.8. The largest absolute Gasteiger partial charge is 0.394 e. The number of aliphatic hydroxyl groups excluding tert-OH is 1. The van der Waals surface area contributed by atoms with Crippen LogP contribution in [0.15, 0.2) is 55.3 Å². The Labute approximate surface area is 189 Å². The van der Waals surface area contributed by atoms with Gasteiger partial charge in [-0.2, -0.15) is 0 Å². The molecule has 0 spiro atoms. The van der Waals surface area contributed by atoms with E-state index >= 15 is 0 Å². The second kappa shape index (κ2) is 10.2. The molecule has 0 radical (unpaired) electrons. The third kappa shape index (κ3) is 6.11. The van der Waals surface area contributed by atoms with E-state index in [0.717, 1.165) is 19.6 Å². The molecule has 0 unspecified atom stereocenters. The molecule has 1 aromatic carbocycles. The summed E-state index contributed by atoms with van der Waals surface area (Å²) in [7, 11) is 0. The highest BCUT2D eigenvalue weighted by Crippen LogP contribution is 2.29. The van der Waals surface area contributed by atoms with Gasteiger partial charge in [0.25, 0.3) is 0 Å². The average molecular weight is 423 g/mol. The van der Waals surface area contributed by atoms with Gasteiger partial charge >= 0.3 is 0 Å². The van der Waals surface area contributed by atoms with Crippen LogP contribution in [0.1, 0.15) is 76.6 Å². The number of rotatable bonds is 9. The predicted octanol–water partition coefficient (Wildman–Crippen LogP) is 6.15. The molecule has 1 fully saturated rings. The number of hydrogen-bond donors (Lipinski definition) is 1. The first-order valence-corrected chi connectivity index (χ1v) is 12.0. The zero-order chi connectivity index (χ0) is 22.5. The smallest absolute Gasteiger partial charge is 0.0648 e. The summed E-state index contributed by atoms with van der Waals surface area (Å²) in [4.78, 5) is 2.45. The molecule has 31 heavy (non-hydrogen) atoms. The molecule has 1 aliphatic rings. The molecule has 3 heteroatoms. The van der Waals surface area contributed by atoms with Crippen molar-refractivity contribution < 1.29 is 5.11 Å². The maximum atomic E-state index is 10.2. The lowest BCUT2D eigenvalue weighted by Crippen LogP contribution is -2.49. The van der Waals surface area contributed by atoms with Crippen LogP contribution in [0.5, 0.6) is 0 Å². The van der Waals surface area contributed by atoms with Crippen molar-refractivity contribution in [1.29, 1.82) is 0 Å². The van der Waals surface area contributed by atoms with Crippen LogP contribution >= 0.6 is 0 Å². The molecule has 2 aromatic rings. The normalized spacial score (nSPS) is 17.6. The average Bonchev–Trinajstić information content (AvgIpc) is 3.19. The Morgan fingerprint density at radius 3 is 2.32 bits per heavy atom. The van der Waals surface area contributed by atoms with Crippen molar-refractivity contribution in [1.82, 2.24) is 9.47 Å². The van der Waals surface area contributed by atoms with Gasteiger partial charge in [0.1, 0.15) is 0 Å². The van der Waals surface area contributed by atoms with Crippen LogP contribution in [-0.2, 0) is 18.5 Å². The summed E-state index contributed by atoms with van der Waals surface area (Å²) in [6.07, 6.45) is 10.7. The number of aromatic nitrogens is 1. The molecule has 1 atom stereocenters. The van der Waals surface area contributed by atoms with Crippen molar-refractivity contribution in [2.24, 2.45) is 5.92 Å². The van der Waals surface area contributed by atoms with E-state index in [0.29, 0.717) is 5.92 Å². The van der Waals surface area contributed by atoms with Gasteiger partial charge in [-0.3, -0.25) is 4.90 Å². The van der Waals surface area contributed by atoms with Crippen LogP contribution in [0.25, 0.3) is 0 Å². The van der Waals surface area contributed by atoms with Crippen molar-refractivity contribution in [3.63, 3.8) is 0 Å². The summed E-state index contributed by atoms with van der Waals surface area (Å²) in [6.45, 7) is 15.7. The highest BCUT2D eigenvalue weighted by atomic mass is 16.3. The molecule has 1 aromatic heterocycles. The van der Waals surface area contributed by atoms with Crippen molar-refractivity contribution in [2.45, 2.75) is 83.8 Å². The Hall–Kier alpha value is -1.84. The lowest BCUT2D eigenvalue weighted by molar-refractivity contribution is 0.0509. The highest BCUT2D eigenvalue weighted by Gasteiger charge is 2.31. The van der Waals surface area contributed by atoms with Gasteiger partial charge in [-0.25, -0.2) is 0 Å². The third-order valence-electron chi connectivity index (χ3n) is 7.13. The standard InChI is InChI=1S/C28H42N2O/c1-6-28(5,22-31)30(20-23-11-8-7-9-12-23)21-26-13-10-18-29(26)19-24-14-16-25(17-15-24)27(2,3)4/h6,10,13-18,23,31H,1,7-9,11-12,19-22H2,2-5H3/t28-/m0/s1. The molecule has 3 nitrogen and oxygen atoms in total. The zero-order valence-corrected chi connectivity index (χ0v) is 20.1. The van der Waals surface area contributed by atoms with Crippen molar-refractivity contribution in [3.8, 4) is 0 Å². The Bertz CT molecular complexity index is 823. The fraction of sp³-hybridized carbons (Fsp3) is 0.571. The van der Waals surface area contributed by atoms with Crippen LogP contribution in [0, 0.1) is 5.92 Å². The van der Waals surface area contributed by atoms with Gasteiger partial charge in [-0.05, 0) is 54.4 Å². The maximum absolute atomic E-state index is 10.2. The maximum Gasteiger partial charge on any atom is 0.0648 e. The molecule has 0 amide bonds. The molecule has 0 bridgehead atoms. The van der Waals surface area contributed by atoms with E-state index in [4.69, 9.17) is 0 Å². The summed E-state index contributed by atoms with van der Waals surface area (Å²) in [6, 6.07) is 13.4. The van der Waals surface area contributed by atoms with Crippen molar-refractivity contribution in [2.75, 3.05) is 13.2 Å². The number of hydrogen-bond acceptors (Lipinski definition) is 2. The third-order valence-corrected chi connectivity index (χ3v) is 7.13. The number of benzene rings is 1. The lowest BCUT2D eigenvalue weighted by Gasteiger charge is -2.41. The van der Waals surface area contributed by atoms with E-state index < -0.39 is 5.54 Å². The summed E-state index contributed by atoms with van der Waals surface area (Å²) >= 11 is 0. The molecule has 3 rings (SSSR count). The first-order valence-electron chi connectivity index (χ1n) is 12.0. The molecular weight excluding hydrogens is 380 g/mol. The monoisotopic (exact) mass is 422 g/mol. The van der Waals surface area contributed by atoms with E-state index in [1.54, 1.807) is 0 Å². The molecule has 170 valence electrons. The summed E-state index contributed by atoms with van der Waals surface area (Å²) in [5.41, 5.74) is 3.75. The first-order chi connectivity index (χ1) is 14.7. The molecule has 1 N–H and O–H groups in total. The van der Waals surface area contributed by atoms with Crippen LogP contribution < -0.4 is 0 Å². The Balaban J connectivity index is 1.76. The molecule has 0 saturated heterocycles. The van der Waals surface area contributed by atoms with Crippen LogP contribution in [-0.4, -0.2) is 33.3 Å². The van der Waals surface area contributed by atoms with Crippen molar-refractivity contribution in [3.05, 3.63) is 72.1 Å². The zero-order valence-electron chi connectivity index (χ0n) is 20.1. The van der Waals surface area contributed by atoms with Gasteiger partial charge in [0.15, 0.2) is 0 Å². The minimum atomic E-state index is -0.402. The Kier molecular flexibility index (Phi) is 7.82. The second-order valence-electron chi connectivity index (χ2n) is 10.7. The van der Waals surface area contributed by atoms with E-state index in [1.807, 2.05) is 6.08 Å². The van der Waals surface area contributed by atoms with Crippen molar-refractivity contribution >= 4 is 0 Å². The number of aliphatic hydroxyl groups is 1. The van der Waals surface area contributed by atoms with E-state index in [2.05, 4.69) is 86.3 Å². The van der Waals surface area contributed by atoms with Crippen LogP contribution in [0.3, 0.4) is 0 Å².